The SMILES string of the molecule is COC[C@H](COS(O)(O)c1ccc(C)cc1)OS(=O)c1ccc(C)cc1.O. The number of rotatable bonds is 9. The van der Waals surface area contributed by atoms with Gasteiger partial charge in [-0.05, 0) is 38.1 Å². The zero-order chi connectivity index (χ0) is 19.2. The summed E-state index contributed by atoms with van der Waals surface area (Å²) in [5.41, 5.74) is 2.05. The highest BCUT2D eigenvalue weighted by atomic mass is 32.3. The summed E-state index contributed by atoms with van der Waals surface area (Å²) in [5.74, 6) is 0. The fourth-order valence-electron chi connectivity index (χ4n) is 2.07. The van der Waals surface area contributed by atoms with Gasteiger partial charge in [-0.3, -0.25) is 8.37 Å². The van der Waals surface area contributed by atoms with Gasteiger partial charge in [0, 0.05) is 7.11 Å². The molecule has 2 atom stereocenters. The Morgan fingerprint density at radius 3 is 2.00 bits per heavy atom. The van der Waals surface area contributed by atoms with Crippen LogP contribution in [0.4, 0.5) is 0 Å². The van der Waals surface area contributed by atoms with Crippen LogP contribution in [0, 0.1) is 13.8 Å². The molecule has 27 heavy (non-hydrogen) atoms. The van der Waals surface area contributed by atoms with E-state index in [0.717, 1.165) is 11.1 Å². The predicted octanol–water partition coefficient (Wildman–Crippen LogP) is 3.27. The minimum Gasteiger partial charge on any atom is -0.412 e. The van der Waals surface area contributed by atoms with Crippen LogP contribution in [0.25, 0.3) is 0 Å². The standard InChI is InChI=1S/C18H24O6S2.H2O/c1-14-4-8-17(9-5-14)25(19)24-16(12-22-3)13-23-26(20,21)18-10-6-15(2)7-11-18;/h4-11,16,20-21H,12-13H2,1-3H3;1H2/t16-,25?;/m1./s1. The molecule has 0 heterocycles. The lowest BCUT2D eigenvalue weighted by Crippen LogP contribution is -2.27. The molecule has 2 aromatic carbocycles. The first kappa shape index (κ1) is 23.7. The molecule has 0 aliphatic carbocycles. The molecule has 0 aromatic heterocycles. The Balaban J connectivity index is 0.00000364. The lowest BCUT2D eigenvalue weighted by atomic mass is 10.2. The fourth-order valence-corrected chi connectivity index (χ4v) is 3.87. The monoisotopic (exact) mass is 418 g/mol. The Hall–Kier alpha value is -1.30. The molecule has 2 aromatic rings. The maximum atomic E-state index is 12.3. The van der Waals surface area contributed by atoms with Crippen LogP contribution in [-0.4, -0.2) is 45.2 Å². The molecule has 7 nitrogen and oxygen atoms in total. The molecule has 0 saturated heterocycles. The van der Waals surface area contributed by atoms with Crippen LogP contribution >= 0.6 is 10.9 Å². The second-order valence-electron chi connectivity index (χ2n) is 5.82. The molecule has 2 rings (SSSR count). The van der Waals surface area contributed by atoms with Crippen LogP contribution in [0.3, 0.4) is 0 Å². The third-order valence-electron chi connectivity index (χ3n) is 3.54. The van der Waals surface area contributed by atoms with Crippen molar-refractivity contribution in [2.45, 2.75) is 29.7 Å². The third-order valence-corrected chi connectivity index (χ3v) is 5.99. The van der Waals surface area contributed by atoms with E-state index < -0.39 is 28.1 Å². The average molecular weight is 419 g/mol. The van der Waals surface area contributed by atoms with Gasteiger partial charge in [0.25, 0.3) is 0 Å². The van der Waals surface area contributed by atoms with E-state index in [-0.39, 0.29) is 23.6 Å². The van der Waals surface area contributed by atoms with E-state index in [9.17, 15) is 13.3 Å². The van der Waals surface area contributed by atoms with Crippen LogP contribution in [0.5, 0.6) is 0 Å². The summed E-state index contributed by atoms with van der Waals surface area (Å²) in [7, 11) is -1.96. The van der Waals surface area contributed by atoms with Crippen molar-refractivity contribution in [1.29, 1.82) is 0 Å². The minimum atomic E-state index is -3.43. The van der Waals surface area contributed by atoms with Gasteiger partial charge in [0.1, 0.15) is 17.0 Å². The molecule has 0 aliphatic rings. The van der Waals surface area contributed by atoms with E-state index in [1.54, 1.807) is 36.4 Å². The van der Waals surface area contributed by atoms with Gasteiger partial charge in [0.15, 0.2) is 11.1 Å². The van der Waals surface area contributed by atoms with Gasteiger partial charge >= 0.3 is 0 Å². The number of methoxy groups -OCH3 is 1. The van der Waals surface area contributed by atoms with Crippen molar-refractivity contribution < 1.29 is 31.9 Å². The Kier molecular flexibility index (Phi) is 9.57. The number of ether oxygens (including phenoxy) is 1. The van der Waals surface area contributed by atoms with E-state index in [4.69, 9.17) is 13.1 Å². The van der Waals surface area contributed by atoms with Crippen molar-refractivity contribution in [2.24, 2.45) is 0 Å². The molecule has 0 bridgehead atoms. The van der Waals surface area contributed by atoms with Crippen LogP contribution in [0.15, 0.2) is 58.3 Å². The van der Waals surface area contributed by atoms with Crippen molar-refractivity contribution in [3.8, 4) is 0 Å². The van der Waals surface area contributed by atoms with Crippen molar-refractivity contribution in [3.63, 3.8) is 0 Å². The molecular weight excluding hydrogens is 392 g/mol. The minimum absolute atomic E-state index is 0. The quantitative estimate of drug-likeness (QED) is 0.645. The number of hydrogen-bond acceptors (Lipinski definition) is 6. The highest BCUT2D eigenvalue weighted by Gasteiger charge is 2.25. The first-order valence-corrected chi connectivity index (χ1v) is 10.5. The molecule has 0 radical (unpaired) electrons. The summed E-state index contributed by atoms with van der Waals surface area (Å²) in [5, 5.41) is 0. The van der Waals surface area contributed by atoms with Gasteiger partial charge in [-0.2, -0.15) is 0 Å². The van der Waals surface area contributed by atoms with Gasteiger partial charge in [-0.15, -0.1) is 0 Å². The first-order valence-electron chi connectivity index (χ1n) is 7.95. The van der Waals surface area contributed by atoms with E-state index in [1.807, 2.05) is 26.0 Å². The van der Waals surface area contributed by atoms with Crippen molar-refractivity contribution >= 4 is 22.0 Å². The lowest BCUT2D eigenvalue weighted by molar-refractivity contribution is 0.0544. The van der Waals surface area contributed by atoms with Crippen LogP contribution in [0.2, 0.25) is 0 Å². The van der Waals surface area contributed by atoms with Gasteiger partial charge in [-0.25, -0.2) is 4.21 Å². The molecule has 4 N–H and O–H groups in total. The smallest absolute Gasteiger partial charge is 0.189 e. The largest absolute Gasteiger partial charge is 0.412 e. The maximum absolute atomic E-state index is 12.3. The van der Waals surface area contributed by atoms with E-state index in [1.165, 1.54) is 7.11 Å². The van der Waals surface area contributed by atoms with Gasteiger partial charge in [-0.1, -0.05) is 35.4 Å². The summed E-state index contributed by atoms with van der Waals surface area (Å²) in [6.07, 6.45) is -0.723. The van der Waals surface area contributed by atoms with E-state index in [0.29, 0.717) is 4.90 Å². The zero-order valence-electron chi connectivity index (χ0n) is 15.5. The van der Waals surface area contributed by atoms with E-state index in [2.05, 4.69) is 0 Å². The van der Waals surface area contributed by atoms with Gasteiger partial charge in [0.05, 0.1) is 23.0 Å². The van der Waals surface area contributed by atoms with Crippen LogP contribution in [0.1, 0.15) is 11.1 Å². The summed E-state index contributed by atoms with van der Waals surface area (Å²) in [6, 6.07) is 13.8. The summed E-state index contributed by atoms with van der Waals surface area (Å²) >= 11 is -1.71. The summed E-state index contributed by atoms with van der Waals surface area (Å²) in [4.78, 5) is 0.792. The fraction of sp³-hybridized carbons (Fsp3) is 0.333. The summed E-state index contributed by atoms with van der Waals surface area (Å²) in [6.45, 7) is 3.76. The second kappa shape index (κ2) is 10.9. The Morgan fingerprint density at radius 2 is 1.48 bits per heavy atom. The molecule has 9 heteroatoms. The highest BCUT2D eigenvalue weighted by molar-refractivity contribution is 8.20. The zero-order valence-corrected chi connectivity index (χ0v) is 17.1. The van der Waals surface area contributed by atoms with Crippen molar-refractivity contribution in [3.05, 3.63) is 59.7 Å². The maximum Gasteiger partial charge on any atom is 0.189 e. The number of benzene rings is 2. The highest BCUT2D eigenvalue weighted by Crippen LogP contribution is 2.49. The molecule has 0 aliphatic heterocycles. The molecule has 1 unspecified atom stereocenters. The van der Waals surface area contributed by atoms with Crippen molar-refractivity contribution in [2.75, 3.05) is 20.3 Å². The Morgan fingerprint density at radius 1 is 0.963 bits per heavy atom. The topological polar surface area (TPSA) is 117 Å². The molecule has 0 amide bonds. The molecular formula is C18H26O7S2. The molecule has 0 fully saturated rings. The lowest BCUT2D eigenvalue weighted by Gasteiger charge is -2.28. The predicted molar refractivity (Wildman–Crippen MR) is 106 cm³/mol. The molecule has 152 valence electrons. The molecule has 0 spiro atoms. The Bertz CT molecular complexity index is 717. The Labute approximate surface area is 163 Å². The van der Waals surface area contributed by atoms with Gasteiger partial charge in [0.2, 0.25) is 0 Å². The van der Waals surface area contributed by atoms with Crippen LogP contribution < -0.4 is 0 Å². The number of hydrogen-bond donors (Lipinski definition) is 2. The summed E-state index contributed by atoms with van der Waals surface area (Å²) < 4.78 is 48.6. The van der Waals surface area contributed by atoms with Gasteiger partial charge < -0.3 is 19.3 Å². The second-order valence-corrected chi connectivity index (χ2v) is 8.65. The average Bonchev–Trinajstić information content (AvgIpc) is 2.61. The van der Waals surface area contributed by atoms with E-state index >= 15 is 0 Å². The van der Waals surface area contributed by atoms with Crippen LogP contribution in [-0.2, 0) is 24.2 Å². The first-order chi connectivity index (χ1) is 12.3. The normalized spacial score (nSPS) is 14.3. The van der Waals surface area contributed by atoms with Crippen molar-refractivity contribution in [1.82, 2.24) is 0 Å². The number of aryl methyl sites for hydroxylation is 2. The molecule has 0 saturated carbocycles. The third kappa shape index (κ3) is 7.32.